The van der Waals surface area contributed by atoms with E-state index < -0.39 is 0 Å². The number of carbonyl (C=O) groups excluding carboxylic acids is 1. The van der Waals surface area contributed by atoms with Crippen molar-refractivity contribution in [1.82, 2.24) is 15.3 Å². The van der Waals surface area contributed by atoms with Crippen molar-refractivity contribution in [2.75, 3.05) is 18.0 Å². The van der Waals surface area contributed by atoms with Gasteiger partial charge in [-0.05, 0) is 37.5 Å². The van der Waals surface area contributed by atoms with E-state index >= 15 is 0 Å². The lowest BCUT2D eigenvalue weighted by atomic mass is 9.97. The number of aryl methyl sites for hydroxylation is 1. The number of piperidine rings is 1. The predicted molar refractivity (Wildman–Crippen MR) is 104 cm³/mol. The zero-order valence-electron chi connectivity index (χ0n) is 15.0. The number of para-hydroxylation sites is 2. The van der Waals surface area contributed by atoms with Gasteiger partial charge in [0, 0.05) is 19.6 Å². The van der Waals surface area contributed by atoms with Gasteiger partial charge in [0.1, 0.15) is 0 Å². The molecule has 1 aliphatic rings. The lowest BCUT2D eigenvalue weighted by Gasteiger charge is -2.31. The van der Waals surface area contributed by atoms with E-state index in [1.807, 2.05) is 30.3 Å². The van der Waals surface area contributed by atoms with Gasteiger partial charge in [-0.15, -0.1) is 0 Å². The van der Waals surface area contributed by atoms with Crippen LogP contribution in [0.5, 0.6) is 0 Å². The molecule has 1 aliphatic heterocycles. The number of imidazole rings is 1. The maximum Gasteiger partial charge on any atom is 0.225 e. The molecule has 0 saturated carbocycles. The Labute approximate surface area is 153 Å². The second-order valence-electron chi connectivity index (χ2n) is 7.07. The van der Waals surface area contributed by atoms with Gasteiger partial charge in [-0.3, -0.25) is 4.79 Å². The van der Waals surface area contributed by atoms with Crippen molar-refractivity contribution in [3.05, 3.63) is 59.7 Å². The average molecular weight is 348 g/mol. The summed E-state index contributed by atoms with van der Waals surface area (Å²) in [4.78, 5) is 22.9. The summed E-state index contributed by atoms with van der Waals surface area (Å²) in [7, 11) is 0. The monoisotopic (exact) mass is 348 g/mol. The number of benzene rings is 2. The molecule has 0 aliphatic carbocycles. The second-order valence-corrected chi connectivity index (χ2v) is 7.07. The van der Waals surface area contributed by atoms with Crippen molar-refractivity contribution >= 4 is 22.9 Å². The number of anilines is 1. The molecule has 0 radical (unpaired) electrons. The zero-order valence-corrected chi connectivity index (χ0v) is 15.0. The van der Waals surface area contributed by atoms with Crippen LogP contribution in [0.15, 0.2) is 48.5 Å². The van der Waals surface area contributed by atoms with Gasteiger partial charge in [0.2, 0.25) is 11.9 Å². The topological polar surface area (TPSA) is 61.0 Å². The number of nitrogens with zero attached hydrogens (tertiary/aromatic N) is 2. The number of fused-ring (bicyclic) bond motifs is 1. The average Bonchev–Trinajstić information content (AvgIpc) is 3.10. The molecule has 1 saturated heterocycles. The minimum atomic E-state index is 0.00164. The normalized spacial score (nSPS) is 17.4. The molecule has 2 N–H and O–H groups in total. The number of amides is 1. The Morgan fingerprint density at radius 3 is 3.00 bits per heavy atom. The van der Waals surface area contributed by atoms with Gasteiger partial charge in [-0.2, -0.15) is 0 Å². The first-order valence-corrected chi connectivity index (χ1v) is 9.22. The minimum absolute atomic E-state index is 0.00164. The minimum Gasteiger partial charge on any atom is -0.352 e. The number of hydrogen-bond donors (Lipinski definition) is 2. The quantitative estimate of drug-likeness (QED) is 0.760. The van der Waals surface area contributed by atoms with Gasteiger partial charge in [-0.1, -0.05) is 42.0 Å². The van der Waals surface area contributed by atoms with Crippen molar-refractivity contribution < 1.29 is 4.79 Å². The maximum atomic E-state index is 12.6. The summed E-state index contributed by atoms with van der Waals surface area (Å²) in [5.74, 6) is 0.997. The first kappa shape index (κ1) is 16.6. The fourth-order valence-electron chi connectivity index (χ4n) is 3.63. The Bertz CT molecular complexity index is 884. The number of hydrogen-bond acceptors (Lipinski definition) is 3. The van der Waals surface area contributed by atoms with Gasteiger partial charge < -0.3 is 15.2 Å². The van der Waals surface area contributed by atoms with Crippen LogP contribution in [0.25, 0.3) is 11.0 Å². The van der Waals surface area contributed by atoms with E-state index in [4.69, 9.17) is 0 Å². The molecule has 3 aromatic rings. The summed E-state index contributed by atoms with van der Waals surface area (Å²) in [6.45, 7) is 4.29. The van der Waals surface area contributed by atoms with Crippen LogP contribution < -0.4 is 10.2 Å². The van der Waals surface area contributed by atoms with Crippen LogP contribution in [0.1, 0.15) is 24.0 Å². The second kappa shape index (κ2) is 7.20. The molecular weight excluding hydrogens is 324 g/mol. The van der Waals surface area contributed by atoms with Crippen LogP contribution >= 0.6 is 0 Å². The highest BCUT2D eigenvalue weighted by molar-refractivity contribution is 5.80. The summed E-state index contributed by atoms with van der Waals surface area (Å²) in [6, 6.07) is 16.3. The van der Waals surface area contributed by atoms with E-state index in [2.05, 4.69) is 45.3 Å². The molecule has 134 valence electrons. The Morgan fingerprint density at radius 2 is 2.15 bits per heavy atom. The number of aromatic amines is 1. The predicted octanol–water partition coefficient (Wildman–Crippen LogP) is 3.40. The van der Waals surface area contributed by atoms with E-state index in [1.165, 1.54) is 5.56 Å². The summed E-state index contributed by atoms with van der Waals surface area (Å²) < 4.78 is 0. The molecule has 0 spiro atoms. The number of H-pyrrole nitrogens is 1. The molecule has 0 bridgehead atoms. The zero-order chi connectivity index (χ0) is 17.9. The van der Waals surface area contributed by atoms with Gasteiger partial charge in [-0.25, -0.2) is 4.98 Å². The van der Waals surface area contributed by atoms with Crippen LogP contribution in [0, 0.1) is 12.8 Å². The van der Waals surface area contributed by atoms with E-state index in [9.17, 15) is 4.79 Å². The Kier molecular flexibility index (Phi) is 4.61. The highest BCUT2D eigenvalue weighted by atomic mass is 16.1. The van der Waals surface area contributed by atoms with E-state index in [0.29, 0.717) is 13.1 Å². The smallest absolute Gasteiger partial charge is 0.225 e. The van der Waals surface area contributed by atoms with Gasteiger partial charge in [0.25, 0.3) is 0 Å². The molecule has 1 fully saturated rings. The third-order valence-electron chi connectivity index (χ3n) is 5.02. The van der Waals surface area contributed by atoms with E-state index in [1.54, 1.807) is 0 Å². The number of carbonyl (C=O) groups is 1. The van der Waals surface area contributed by atoms with Crippen LogP contribution in [-0.4, -0.2) is 29.0 Å². The van der Waals surface area contributed by atoms with Crippen molar-refractivity contribution in [3.63, 3.8) is 0 Å². The fraction of sp³-hybridized carbons (Fsp3) is 0.333. The molecule has 1 atom stereocenters. The molecule has 1 aromatic heterocycles. The molecular formula is C21H24N4O. The van der Waals surface area contributed by atoms with Crippen LogP contribution in [0.3, 0.4) is 0 Å². The van der Waals surface area contributed by atoms with Gasteiger partial charge >= 0.3 is 0 Å². The SMILES string of the molecule is Cc1cccc(CNC(=O)[C@@H]2CCCN(c3nc4ccccc4[nH]3)C2)c1. The molecule has 1 amide bonds. The number of rotatable bonds is 4. The summed E-state index contributed by atoms with van der Waals surface area (Å²) in [5, 5.41) is 3.10. The van der Waals surface area contributed by atoms with Crippen molar-refractivity contribution in [2.45, 2.75) is 26.3 Å². The number of aromatic nitrogens is 2. The third kappa shape index (κ3) is 3.57. The maximum absolute atomic E-state index is 12.6. The molecule has 0 unspecified atom stereocenters. The fourth-order valence-corrected chi connectivity index (χ4v) is 3.63. The van der Waals surface area contributed by atoms with Crippen molar-refractivity contribution in [1.29, 1.82) is 0 Å². The molecule has 4 rings (SSSR count). The highest BCUT2D eigenvalue weighted by Gasteiger charge is 2.27. The Balaban J connectivity index is 1.40. The summed E-state index contributed by atoms with van der Waals surface area (Å²) in [5.41, 5.74) is 4.36. The highest BCUT2D eigenvalue weighted by Crippen LogP contribution is 2.23. The molecule has 5 nitrogen and oxygen atoms in total. The summed E-state index contributed by atoms with van der Waals surface area (Å²) in [6.07, 6.45) is 1.93. The van der Waals surface area contributed by atoms with Crippen LogP contribution in [0.2, 0.25) is 0 Å². The molecule has 2 aromatic carbocycles. The first-order chi connectivity index (χ1) is 12.7. The lowest BCUT2D eigenvalue weighted by Crippen LogP contribution is -2.43. The molecule has 5 heteroatoms. The summed E-state index contributed by atoms with van der Waals surface area (Å²) >= 11 is 0. The van der Waals surface area contributed by atoms with Crippen LogP contribution in [0.4, 0.5) is 5.95 Å². The van der Waals surface area contributed by atoms with Crippen molar-refractivity contribution in [3.8, 4) is 0 Å². The van der Waals surface area contributed by atoms with Gasteiger partial charge in [0.05, 0.1) is 17.0 Å². The standard InChI is InChI=1S/C21H24N4O/c1-15-6-4-7-16(12-15)13-22-20(26)17-8-5-11-25(14-17)21-23-18-9-2-3-10-19(18)24-21/h2-4,6-7,9-10,12,17H,5,8,11,13-14H2,1H3,(H,22,26)(H,23,24)/t17-/m1/s1. The third-order valence-corrected chi connectivity index (χ3v) is 5.02. The van der Waals surface area contributed by atoms with Crippen LogP contribution in [-0.2, 0) is 11.3 Å². The van der Waals surface area contributed by atoms with Gasteiger partial charge in [0.15, 0.2) is 0 Å². The Morgan fingerprint density at radius 1 is 1.27 bits per heavy atom. The van der Waals surface area contributed by atoms with E-state index in [0.717, 1.165) is 41.9 Å². The van der Waals surface area contributed by atoms with E-state index in [-0.39, 0.29) is 11.8 Å². The number of nitrogens with one attached hydrogen (secondary N) is 2. The largest absolute Gasteiger partial charge is 0.352 e. The molecule has 26 heavy (non-hydrogen) atoms. The first-order valence-electron chi connectivity index (χ1n) is 9.22. The lowest BCUT2D eigenvalue weighted by molar-refractivity contribution is -0.125. The van der Waals surface area contributed by atoms with Crippen molar-refractivity contribution in [2.24, 2.45) is 5.92 Å². The Hall–Kier alpha value is -2.82. The molecule has 2 heterocycles.